The fourth-order valence-electron chi connectivity index (χ4n) is 1.98. The molecule has 0 aliphatic heterocycles. The first-order valence-electron chi connectivity index (χ1n) is 6.24. The quantitative estimate of drug-likeness (QED) is 0.899. The van der Waals surface area contributed by atoms with Crippen molar-refractivity contribution < 1.29 is 4.21 Å². The highest BCUT2D eigenvalue weighted by Crippen LogP contribution is 2.19. The summed E-state index contributed by atoms with van der Waals surface area (Å²) in [5.41, 5.74) is 6.85. The average molecular weight is 261 g/mol. The first-order valence-corrected chi connectivity index (χ1v) is 7.73. The van der Waals surface area contributed by atoms with Crippen LogP contribution in [0.4, 0.5) is 0 Å². The summed E-state index contributed by atoms with van der Waals surface area (Å²) < 4.78 is 12.0. The Balaban J connectivity index is 2.14. The van der Waals surface area contributed by atoms with Gasteiger partial charge in [-0.15, -0.1) is 0 Å². The third kappa shape index (κ3) is 3.40. The lowest BCUT2D eigenvalue weighted by Crippen LogP contribution is -2.18. The molecule has 0 radical (unpaired) electrons. The fourth-order valence-corrected chi connectivity index (χ4v) is 3.36. The summed E-state index contributed by atoms with van der Waals surface area (Å²) in [5.74, 6) is 1.30. The van der Waals surface area contributed by atoms with Crippen LogP contribution < -0.4 is 5.73 Å². The Labute approximate surface area is 111 Å². The van der Waals surface area contributed by atoms with Crippen LogP contribution in [0.3, 0.4) is 0 Å². The van der Waals surface area contributed by atoms with Gasteiger partial charge in [0.05, 0.1) is 0 Å². The molecule has 18 heavy (non-hydrogen) atoms. The predicted molar refractivity (Wildman–Crippen MR) is 78.9 cm³/mol. The maximum absolute atomic E-state index is 12.0. The summed E-state index contributed by atoms with van der Waals surface area (Å²) in [7, 11) is -0.828. The molecule has 2 aromatic carbocycles. The molecule has 0 fully saturated rings. The molecule has 0 saturated heterocycles. The number of hydrogen-bond acceptors (Lipinski definition) is 2. The van der Waals surface area contributed by atoms with Gasteiger partial charge in [-0.3, -0.25) is 4.21 Å². The molecule has 2 nitrogen and oxygen atoms in total. The number of benzene rings is 2. The first-order chi connectivity index (χ1) is 8.66. The van der Waals surface area contributed by atoms with Gasteiger partial charge >= 0.3 is 0 Å². The van der Waals surface area contributed by atoms with Crippen molar-refractivity contribution in [1.29, 1.82) is 0 Å². The van der Waals surface area contributed by atoms with Crippen molar-refractivity contribution in [3.05, 3.63) is 48.0 Å². The summed E-state index contributed by atoms with van der Waals surface area (Å²) in [6.45, 7) is 1.95. The number of fused-ring (bicyclic) bond motifs is 1. The normalized spacial score (nSPS) is 14.6. The Kier molecular flexibility index (Phi) is 4.50. The molecule has 2 N–H and O–H groups in total. The molecule has 2 atom stereocenters. The summed E-state index contributed by atoms with van der Waals surface area (Å²) >= 11 is 0. The molecule has 2 rings (SSSR count). The van der Waals surface area contributed by atoms with Crippen LogP contribution in [0, 0.1) is 0 Å². The van der Waals surface area contributed by atoms with E-state index in [-0.39, 0.29) is 6.04 Å². The van der Waals surface area contributed by atoms with Gasteiger partial charge in [0.2, 0.25) is 0 Å². The van der Waals surface area contributed by atoms with Gasteiger partial charge in [-0.05, 0) is 29.7 Å². The third-order valence-corrected chi connectivity index (χ3v) is 4.32. The van der Waals surface area contributed by atoms with E-state index in [1.165, 1.54) is 10.8 Å². The summed E-state index contributed by atoms with van der Waals surface area (Å²) in [5, 5.41) is 2.41. The van der Waals surface area contributed by atoms with E-state index in [0.717, 1.165) is 12.0 Å². The molecule has 0 amide bonds. The van der Waals surface area contributed by atoms with Crippen molar-refractivity contribution in [2.45, 2.75) is 25.1 Å². The molecule has 0 aliphatic rings. The van der Waals surface area contributed by atoms with Gasteiger partial charge in [0.15, 0.2) is 0 Å². The lowest BCUT2D eigenvalue weighted by molar-refractivity contribution is 0.667. The minimum absolute atomic E-state index is 0.126. The van der Waals surface area contributed by atoms with E-state index in [9.17, 15) is 4.21 Å². The van der Waals surface area contributed by atoms with Crippen LogP contribution in [0.15, 0.2) is 42.5 Å². The molecule has 3 heteroatoms. The maximum atomic E-state index is 12.0. The largest absolute Gasteiger partial charge is 0.328 e. The maximum Gasteiger partial charge on any atom is 0.0491 e. The second kappa shape index (κ2) is 6.12. The molecule has 0 saturated carbocycles. The molecular weight excluding hydrogens is 242 g/mol. The van der Waals surface area contributed by atoms with E-state index in [2.05, 4.69) is 24.3 Å². The van der Waals surface area contributed by atoms with Crippen molar-refractivity contribution in [2.24, 2.45) is 5.73 Å². The van der Waals surface area contributed by atoms with Crippen LogP contribution in [-0.2, 0) is 16.6 Å². The number of nitrogens with two attached hydrogens (primary N) is 1. The van der Waals surface area contributed by atoms with Crippen molar-refractivity contribution >= 4 is 21.6 Å². The van der Waals surface area contributed by atoms with Gasteiger partial charge in [-0.2, -0.15) is 0 Å². The van der Waals surface area contributed by atoms with E-state index in [0.29, 0.717) is 11.5 Å². The Bertz CT molecular complexity index is 546. The summed E-state index contributed by atoms with van der Waals surface area (Å²) in [6, 6.07) is 14.5. The summed E-state index contributed by atoms with van der Waals surface area (Å²) in [4.78, 5) is 0. The first kappa shape index (κ1) is 13.2. The monoisotopic (exact) mass is 261 g/mol. The Morgan fingerprint density at radius 3 is 2.67 bits per heavy atom. The fraction of sp³-hybridized carbons (Fsp3) is 0.333. The average Bonchev–Trinajstić information content (AvgIpc) is 2.37. The van der Waals surface area contributed by atoms with Gasteiger partial charge in [0.25, 0.3) is 0 Å². The van der Waals surface area contributed by atoms with Crippen LogP contribution >= 0.6 is 0 Å². The van der Waals surface area contributed by atoms with E-state index in [1.807, 2.05) is 25.1 Å². The highest BCUT2D eigenvalue weighted by atomic mass is 32.2. The van der Waals surface area contributed by atoms with Gasteiger partial charge in [-0.1, -0.05) is 42.5 Å². The van der Waals surface area contributed by atoms with Crippen molar-refractivity contribution in [3.8, 4) is 0 Å². The lowest BCUT2D eigenvalue weighted by atomic mass is 10.1. The standard InChI is InChI=1S/C15H19NOS/c1-12(16)9-10-18(17)11-14-7-4-6-13-5-2-3-8-15(13)14/h2-8,12H,9-11,16H2,1H3. The van der Waals surface area contributed by atoms with Gasteiger partial charge < -0.3 is 5.73 Å². The van der Waals surface area contributed by atoms with Crippen LogP contribution in [0.2, 0.25) is 0 Å². The number of hydrogen-bond donors (Lipinski definition) is 1. The molecule has 0 aromatic heterocycles. The minimum atomic E-state index is -0.828. The van der Waals surface area contributed by atoms with Gasteiger partial charge in [0, 0.05) is 28.3 Å². The highest BCUT2D eigenvalue weighted by Gasteiger charge is 2.06. The smallest absolute Gasteiger partial charge is 0.0491 e. The zero-order valence-corrected chi connectivity index (χ0v) is 11.5. The third-order valence-electron chi connectivity index (χ3n) is 3.00. The van der Waals surface area contributed by atoms with Gasteiger partial charge in [0.1, 0.15) is 0 Å². The highest BCUT2D eigenvalue weighted by molar-refractivity contribution is 7.84. The molecule has 2 unspecified atom stereocenters. The van der Waals surface area contributed by atoms with E-state index >= 15 is 0 Å². The Hall–Kier alpha value is -1.19. The zero-order chi connectivity index (χ0) is 13.0. The second-order valence-corrected chi connectivity index (χ2v) is 6.27. The van der Waals surface area contributed by atoms with E-state index in [4.69, 9.17) is 5.73 Å². The summed E-state index contributed by atoms with van der Waals surface area (Å²) in [6.07, 6.45) is 0.817. The molecule has 2 aromatic rings. The van der Waals surface area contributed by atoms with Crippen LogP contribution in [0.5, 0.6) is 0 Å². The lowest BCUT2D eigenvalue weighted by Gasteiger charge is -2.08. The van der Waals surface area contributed by atoms with Gasteiger partial charge in [-0.25, -0.2) is 0 Å². The Morgan fingerprint density at radius 2 is 1.89 bits per heavy atom. The van der Waals surface area contributed by atoms with Crippen molar-refractivity contribution in [3.63, 3.8) is 0 Å². The Morgan fingerprint density at radius 1 is 1.17 bits per heavy atom. The molecule has 0 heterocycles. The topological polar surface area (TPSA) is 43.1 Å². The zero-order valence-electron chi connectivity index (χ0n) is 10.6. The van der Waals surface area contributed by atoms with E-state index in [1.54, 1.807) is 0 Å². The van der Waals surface area contributed by atoms with Crippen molar-refractivity contribution in [1.82, 2.24) is 0 Å². The molecule has 0 spiro atoms. The molecule has 0 aliphatic carbocycles. The van der Waals surface area contributed by atoms with Crippen LogP contribution in [0.1, 0.15) is 18.9 Å². The van der Waals surface area contributed by atoms with Crippen LogP contribution in [0.25, 0.3) is 10.8 Å². The predicted octanol–water partition coefficient (Wildman–Crippen LogP) is 2.83. The molecule has 0 bridgehead atoms. The SMILES string of the molecule is CC(N)CCS(=O)Cc1cccc2ccccc12. The molecule has 96 valence electrons. The second-order valence-electron chi connectivity index (χ2n) is 4.69. The molecular formula is C15H19NOS. The van der Waals surface area contributed by atoms with Crippen LogP contribution in [-0.4, -0.2) is 16.0 Å². The number of rotatable bonds is 5. The minimum Gasteiger partial charge on any atom is -0.328 e. The van der Waals surface area contributed by atoms with E-state index < -0.39 is 10.8 Å². The van der Waals surface area contributed by atoms with Crippen molar-refractivity contribution in [2.75, 3.05) is 5.75 Å².